The summed E-state index contributed by atoms with van der Waals surface area (Å²) < 4.78 is 0. The molecule has 25 heavy (non-hydrogen) atoms. The number of carbonyl (C=O) groups excluding carboxylic acids is 1. The van der Waals surface area contributed by atoms with Crippen LogP contribution in [0.25, 0.3) is 0 Å². The molecule has 0 saturated carbocycles. The lowest BCUT2D eigenvalue weighted by molar-refractivity contribution is 0.0761. The maximum Gasteiger partial charge on any atom is 0.255 e. The number of nitrogens with zero attached hydrogens (tertiary/aromatic N) is 1. The number of carbonyl (C=O) groups is 1. The number of rotatable bonds is 5. The molecule has 0 saturated heterocycles. The van der Waals surface area contributed by atoms with Gasteiger partial charge in [-0.2, -0.15) is 0 Å². The highest BCUT2D eigenvalue weighted by Gasteiger charge is 2.36. The molecule has 1 aliphatic heterocycles. The van der Waals surface area contributed by atoms with Crippen LogP contribution in [0.1, 0.15) is 27.5 Å². The molecule has 0 aromatic heterocycles. The standard InChI is InChI=1S/C22H19NOS/c24-22-20-14-8-7-13-19(20)21(17-9-3-1-4-10-17)23(22)15-16-25-18-11-5-2-6-12-18/h1-14,21H,15-16H2. The van der Waals surface area contributed by atoms with Crippen molar-refractivity contribution in [3.63, 3.8) is 0 Å². The van der Waals surface area contributed by atoms with Gasteiger partial charge in [0.1, 0.15) is 0 Å². The maximum atomic E-state index is 12.9. The van der Waals surface area contributed by atoms with Gasteiger partial charge in [0, 0.05) is 22.8 Å². The zero-order chi connectivity index (χ0) is 17.1. The fourth-order valence-corrected chi connectivity index (χ4v) is 4.25. The number of hydrogen-bond donors (Lipinski definition) is 0. The van der Waals surface area contributed by atoms with Gasteiger partial charge in [0.25, 0.3) is 5.91 Å². The Kier molecular flexibility index (Phi) is 4.57. The molecule has 124 valence electrons. The molecule has 0 bridgehead atoms. The quantitative estimate of drug-likeness (QED) is 0.605. The monoisotopic (exact) mass is 345 g/mol. The molecule has 3 heteroatoms. The van der Waals surface area contributed by atoms with Crippen molar-refractivity contribution in [2.75, 3.05) is 12.3 Å². The van der Waals surface area contributed by atoms with E-state index in [9.17, 15) is 4.79 Å². The zero-order valence-electron chi connectivity index (χ0n) is 13.8. The number of benzene rings is 3. The summed E-state index contributed by atoms with van der Waals surface area (Å²) in [4.78, 5) is 16.2. The van der Waals surface area contributed by atoms with E-state index in [2.05, 4.69) is 30.3 Å². The van der Waals surface area contributed by atoms with E-state index in [1.54, 1.807) is 11.8 Å². The van der Waals surface area contributed by atoms with Crippen molar-refractivity contribution < 1.29 is 4.79 Å². The largest absolute Gasteiger partial charge is 0.327 e. The van der Waals surface area contributed by atoms with Crippen molar-refractivity contribution in [3.05, 3.63) is 102 Å². The lowest BCUT2D eigenvalue weighted by atomic mass is 9.98. The fraction of sp³-hybridized carbons (Fsp3) is 0.136. The minimum absolute atomic E-state index is 0.0151. The predicted molar refractivity (Wildman–Crippen MR) is 103 cm³/mol. The van der Waals surface area contributed by atoms with Gasteiger partial charge < -0.3 is 4.90 Å². The first-order chi connectivity index (χ1) is 12.3. The van der Waals surface area contributed by atoms with Crippen molar-refractivity contribution in [1.82, 2.24) is 4.90 Å². The van der Waals surface area contributed by atoms with Crippen LogP contribution < -0.4 is 0 Å². The summed E-state index contributed by atoms with van der Waals surface area (Å²) in [5.74, 6) is 1.02. The zero-order valence-corrected chi connectivity index (χ0v) is 14.7. The number of thioether (sulfide) groups is 1. The molecule has 0 radical (unpaired) electrons. The van der Waals surface area contributed by atoms with E-state index in [0.717, 1.165) is 23.4 Å². The molecule has 1 amide bonds. The fourth-order valence-electron chi connectivity index (χ4n) is 3.37. The van der Waals surface area contributed by atoms with Gasteiger partial charge in [0.2, 0.25) is 0 Å². The Labute approximate surface area is 152 Å². The highest BCUT2D eigenvalue weighted by molar-refractivity contribution is 7.99. The normalized spacial score (nSPS) is 16.1. The average molecular weight is 345 g/mol. The molecule has 0 fully saturated rings. The molecule has 3 aromatic rings. The highest BCUT2D eigenvalue weighted by atomic mass is 32.2. The van der Waals surface area contributed by atoms with Crippen molar-refractivity contribution in [2.24, 2.45) is 0 Å². The Bertz CT molecular complexity index is 863. The number of fused-ring (bicyclic) bond motifs is 1. The molecule has 1 atom stereocenters. The second-order valence-electron chi connectivity index (χ2n) is 6.06. The third kappa shape index (κ3) is 3.20. The first kappa shape index (κ1) is 16.0. The Balaban J connectivity index is 1.58. The van der Waals surface area contributed by atoms with Crippen LogP contribution in [0.15, 0.2) is 89.8 Å². The molecule has 1 aliphatic rings. The first-order valence-electron chi connectivity index (χ1n) is 8.47. The molecule has 1 unspecified atom stereocenters. The van der Waals surface area contributed by atoms with Gasteiger partial charge in [-0.05, 0) is 29.3 Å². The third-order valence-electron chi connectivity index (χ3n) is 4.52. The van der Waals surface area contributed by atoms with E-state index in [4.69, 9.17) is 0 Å². The highest BCUT2D eigenvalue weighted by Crippen LogP contribution is 2.38. The molecular formula is C22H19NOS. The number of amides is 1. The van der Waals surface area contributed by atoms with E-state index >= 15 is 0 Å². The smallest absolute Gasteiger partial charge is 0.255 e. The van der Waals surface area contributed by atoms with E-state index in [0.29, 0.717) is 0 Å². The molecule has 0 aliphatic carbocycles. The van der Waals surface area contributed by atoms with Gasteiger partial charge in [-0.25, -0.2) is 0 Å². The van der Waals surface area contributed by atoms with E-state index in [1.165, 1.54) is 10.5 Å². The summed E-state index contributed by atoms with van der Waals surface area (Å²) in [6, 6.07) is 28.7. The molecular weight excluding hydrogens is 326 g/mol. The van der Waals surface area contributed by atoms with Gasteiger partial charge >= 0.3 is 0 Å². The minimum Gasteiger partial charge on any atom is -0.327 e. The Morgan fingerprint density at radius 3 is 2.20 bits per heavy atom. The summed E-state index contributed by atoms with van der Waals surface area (Å²) in [5, 5.41) is 0. The Morgan fingerprint density at radius 2 is 1.44 bits per heavy atom. The van der Waals surface area contributed by atoms with Crippen LogP contribution >= 0.6 is 11.8 Å². The molecule has 1 heterocycles. The second-order valence-corrected chi connectivity index (χ2v) is 7.23. The molecule has 4 rings (SSSR count). The van der Waals surface area contributed by atoms with E-state index in [-0.39, 0.29) is 11.9 Å². The molecule has 0 spiro atoms. The average Bonchev–Trinajstić information content (AvgIpc) is 2.96. The SMILES string of the molecule is O=C1c2ccccc2C(c2ccccc2)N1CCSc1ccccc1. The summed E-state index contributed by atoms with van der Waals surface area (Å²) in [5.41, 5.74) is 3.12. The maximum absolute atomic E-state index is 12.9. The van der Waals surface area contributed by atoms with Crippen LogP contribution in [0, 0.1) is 0 Å². The van der Waals surface area contributed by atoms with Crippen molar-refractivity contribution in [3.8, 4) is 0 Å². The van der Waals surface area contributed by atoms with E-state index < -0.39 is 0 Å². The molecule has 3 aromatic carbocycles. The first-order valence-corrected chi connectivity index (χ1v) is 9.46. The van der Waals surface area contributed by atoms with Crippen LogP contribution in [0.5, 0.6) is 0 Å². The summed E-state index contributed by atoms with van der Waals surface area (Å²) in [6.45, 7) is 0.729. The van der Waals surface area contributed by atoms with Crippen LogP contribution in [-0.2, 0) is 0 Å². The Hall–Kier alpha value is -2.52. The summed E-state index contributed by atoms with van der Waals surface area (Å²) in [6.07, 6.45) is 0. The molecule has 0 N–H and O–H groups in total. The predicted octanol–water partition coefficient (Wildman–Crippen LogP) is 5.02. The van der Waals surface area contributed by atoms with Crippen LogP contribution in [0.2, 0.25) is 0 Å². The minimum atomic E-state index is 0.0151. The lowest BCUT2D eigenvalue weighted by Crippen LogP contribution is -2.30. The van der Waals surface area contributed by atoms with Gasteiger partial charge in [0.15, 0.2) is 0 Å². The van der Waals surface area contributed by atoms with Crippen LogP contribution in [0.4, 0.5) is 0 Å². The lowest BCUT2D eigenvalue weighted by Gasteiger charge is -2.25. The van der Waals surface area contributed by atoms with Gasteiger partial charge in [-0.1, -0.05) is 66.7 Å². The van der Waals surface area contributed by atoms with Crippen LogP contribution in [0.3, 0.4) is 0 Å². The second kappa shape index (κ2) is 7.16. The van der Waals surface area contributed by atoms with E-state index in [1.807, 2.05) is 59.5 Å². The van der Waals surface area contributed by atoms with Gasteiger partial charge in [0.05, 0.1) is 6.04 Å². The van der Waals surface area contributed by atoms with Gasteiger partial charge in [-0.3, -0.25) is 4.79 Å². The third-order valence-corrected chi connectivity index (χ3v) is 5.51. The number of hydrogen-bond acceptors (Lipinski definition) is 2. The van der Waals surface area contributed by atoms with Crippen molar-refractivity contribution >= 4 is 17.7 Å². The topological polar surface area (TPSA) is 20.3 Å². The summed E-state index contributed by atoms with van der Waals surface area (Å²) >= 11 is 1.79. The van der Waals surface area contributed by atoms with Crippen molar-refractivity contribution in [2.45, 2.75) is 10.9 Å². The van der Waals surface area contributed by atoms with Crippen LogP contribution in [-0.4, -0.2) is 23.1 Å². The van der Waals surface area contributed by atoms with Gasteiger partial charge in [-0.15, -0.1) is 11.8 Å². The molecule has 2 nitrogen and oxygen atoms in total. The summed E-state index contributed by atoms with van der Waals surface area (Å²) in [7, 11) is 0. The Morgan fingerprint density at radius 1 is 0.800 bits per heavy atom. The van der Waals surface area contributed by atoms with Crippen molar-refractivity contribution in [1.29, 1.82) is 0 Å².